The molecule has 8 heteroatoms. The van der Waals surface area contributed by atoms with Crippen LogP contribution in [0.3, 0.4) is 0 Å². The zero-order chi connectivity index (χ0) is 33.9. The highest BCUT2D eigenvalue weighted by molar-refractivity contribution is 6.18. The molecular formula is C38H46O8. The number of ether oxygens (including phenoxy) is 2. The zero-order valence-electron chi connectivity index (χ0n) is 28.2. The van der Waals surface area contributed by atoms with Crippen molar-refractivity contribution in [3.05, 3.63) is 74.9 Å². The van der Waals surface area contributed by atoms with Gasteiger partial charge in [0, 0.05) is 40.5 Å². The Morgan fingerprint density at radius 2 is 1.59 bits per heavy atom. The van der Waals surface area contributed by atoms with Gasteiger partial charge >= 0.3 is 5.97 Å². The molecule has 4 atom stereocenters. The standard InChI is InChI=1S/C38H46O8/c1-20(2)10-9-11-22(5)13-15-25-30(39)26(14-12-21(3)4)33-29(31(25)40)32(41)27-18-24-19-28-36(7,8)46-37(34(24)42,38(27,28)45-33)17-16-23(6)35(43)44/h10,12-13,16,18,24,28,39-40H,9,11,14-15,17,19H2,1-8H3,(H,43,44)/b22-13+,23-16-/t24-,28?,37?,38-/m1/s1. The second-order valence-electron chi connectivity index (χ2n) is 14.4. The second kappa shape index (κ2) is 11.7. The van der Waals surface area contributed by atoms with Crippen molar-refractivity contribution >= 4 is 17.5 Å². The van der Waals surface area contributed by atoms with Crippen molar-refractivity contribution in [3.8, 4) is 17.2 Å². The summed E-state index contributed by atoms with van der Waals surface area (Å²) in [7, 11) is 0. The van der Waals surface area contributed by atoms with Gasteiger partial charge in [0.2, 0.25) is 0 Å². The third-order valence-corrected chi connectivity index (χ3v) is 10.2. The van der Waals surface area contributed by atoms with Gasteiger partial charge in [0.05, 0.1) is 5.60 Å². The van der Waals surface area contributed by atoms with Crippen LogP contribution in [-0.2, 0) is 27.2 Å². The van der Waals surface area contributed by atoms with E-state index in [4.69, 9.17) is 9.47 Å². The lowest BCUT2D eigenvalue weighted by atomic mass is 9.51. The van der Waals surface area contributed by atoms with Gasteiger partial charge in [-0.15, -0.1) is 0 Å². The van der Waals surface area contributed by atoms with Gasteiger partial charge in [0.1, 0.15) is 22.8 Å². The molecule has 2 fully saturated rings. The fourth-order valence-electron chi connectivity index (χ4n) is 7.80. The van der Waals surface area contributed by atoms with Gasteiger partial charge in [-0.3, -0.25) is 9.59 Å². The van der Waals surface area contributed by atoms with E-state index in [1.54, 1.807) is 6.08 Å². The molecule has 0 radical (unpaired) electrons. The average molecular weight is 631 g/mol. The van der Waals surface area contributed by atoms with Crippen LogP contribution in [-0.4, -0.2) is 49.7 Å². The minimum atomic E-state index is -1.67. The van der Waals surface area contributed by atoms with Crippen LogP contribution in [0, 0.1) is 11.8 Å². The molecule has 1 spiro atoms. The van der Waals surface area contributed by atoms with Crippen LogP contribution in [0.15, 0.2) is 58.2 Å². The number of rotatable bonds is 10. The van der Waals surface area contributed by atoms with Crippen LogP contribution in [0.5, 0.6) is 17.2 Å². The molecule has 3 N–H and O–H groups in total. The molecule has 1 saturated heterocycles. The van der Waals surface area contributed by atoms with Crippen LogP contribution >= 0.6 is 0 Å². The normalized spacial score (nSPS) is 27.4. The molecule has 6 rings (SSSR count). The van der Waals surface area contributed by atoms with Crippen LogP contribution in [0.4, 0.5) is 0 Å². The fourth-order valence-corrected chi connectivity index (χ4v) is 7.80. The van der Waals surface area contributed by atoms with E-state index in [0.717, 1.165) is 24.0 Å². The van der Waals surface area contributed by atoms with Gasteiger partial charge in [0.25, 0.3) is 0 Å². The molecule has 8 nitrogen and oxygen atoms in total. The minimum Gasteiger partial charge on any atom is -0.507 e. The van der Waals surface area contributed by atoms with E-state index in [1.165, 1.54) is 18.6 Å². The highest BCUT2D eigenvalue weighted by Crippen LogP contribution is 2.68. The number of benzene rings is 1. The van der Waals surface area contributed by atoms with E-state index in [0.29, 0.717) is 12.0 Å². The van der Waals surface area contributed by atoms with Crippen molar-refractivity contribution in [3.63, 3.8) is 0 Å². The molecule has 0 amide bonds. The number of carbonyl (C=O) groups is 3. The monoisotopic (exact) mass is 630 g/mol. The van der Waals surface area contributed by atoms with E-state index in [9.17, 15) is 29.7 Å². The predicted octanol–water partition coefficient (Wildman–Crippen LogP) is 7.27. The Kier molecular flexibility index (Phi) is 8.52. The Labute approximate surface area is 271 Å². The number of fused-ring (bicyclic) bond motifs is 1. The number of carbonyl (C=O) groups excluding carboxylic acids is 2. The summed E-state index contributed by atoms with van der Waals surface area (Å²) in [5.74, 6) is -3.33. The first-order chi connectivity index (χ1) is 21.5. The van der Waals surface area contributed by atoms with Crippen molar-refractivity contribution in [2.24, 2.45) is 11.8 Å². The quantitative estimate of drug-likeness (QED) is 0.182. The number of phenols is 2. The number of hydrogen-bond donors (Lipinski definition) is 3. The van der Waals surface area contributed by atoms with E-state index in [1.807, 2.05) is 46.8 Å². The Balaban J connectivity index is 1.71. The number of allylic oxidation sites excluding steroid dienone is 7. The molecule has 5 aliphatic rings. The second-order valence-corrected chi connectivity index (χ2v) is 14.4. The fraction of sp³-hybridized carbons (Fsp3) is 0.500. The van der Waals surface area contributed by atoms with Gasteiger partial charge in [-0.2, -0.15) is 0 Å². The molecule has 1 saturated carbocycles. The maximum Gasteiger partial charge on any atom is 0.330 e. The van der Waals surface area contributed by atoms with Crippen molar-refractivity contribution < 1.29 is 39.2 Å². The van der Waals surface area contributed by atoms with Crippen LogP contribution in [0.25, 0.3) is 0 Å². The summed E-state index contributed by atoms with van der Waals surface area (Å²) in [6, 6.07) is 0. The number of ketones is 2. The van der Waals surface area contributed by atoms with Crippen molar-refractivity contribution in [1.82, 2.24) is 0 Å². The highest BCUT2D eigenvalue weighted by atomic mass is 16.6. The van der Waals surface area contributed by atoms with E-state index in [2.05, 4.69) is 19.9 Å². The summed E-state index contributed by atoms with van der Waals surface area (Å²) < 4.78 is 13.6. The molecule has 0 aromatic heterocycles. The molecular weight excluding hydrogens is 584 g/mol. The Hall–Kier alpha value is -3.91. The zero-order valence-corrected chi connectivity index (χ0v) is 28.2. The van der Waals surface area contributed by atoms with Gasteiger partial charge in [-0.05, 0) is 87.5 Å². The topological polar surface area (TPSA) is 130 Å². The first kappa shape index (κ1) is 33.5. The molecule has 246 valence electrons. The van der Waals surface area contributed by atoms with E-state index in [-0.39, 0.29) is 64.6 Å². The van der Waals surface area contributed by atoms with Crippen LogP contribution < -0.4 is 4.74 Å². The van der Waals surface area contributed by atoms with Gasteiger partial charge in [-0.25, -0.2) is 4.79 Å². The molecule has 4 bridgehead atoms. The van der Waals surface area contributed by atoms with Gasteiger partial charge in [0.15, 0.2) is 22.8 Å². The number of hydrogen-bond acceptors (Lipinski definition) is 7. The van der Waals surface area contributed by atoms with Crippen molar-refractivity contribution in [2.45, 2.75) is 111 Å². The number of aliphatic carboxylic acids is 1. The van der Waals surface area contributed by atoms with Gasteiger partial charge in [-0.1, -0.05) is 47.1 Å². The smallest absolute Gasteiger partial charge is 0.330 e. The molecule has 2 heterocycles. The van der Waals surface area contributed by atoms with Crippen molar-refractivity contribution in [1.29, 1.82) is 0 Å². The average Bonchev–Trinajstić information content (AvgIpc) is 3.12. The number of phenolic OH excluding ortho intramolecular Hbond substituents is 2. The first-order valence-electron chi connectivity index (χ1n) is 16.1. The first-order valence-corrected chi connectivity index (χ1v) is 16.1. The molecule has 1 aromatic rings. The lowest BCUT2D eigenvalue weighted by molar-refractivity contribution is -0.171. The lowest BCUT2D eigenvalue weighted by Crippen LogP contribution is -2.72. The van der Waals surface area contributed by atoms with E-state index < -0.39 is 40.4 Å². The number of carboxylic acids is 1. The maximum absolute atomic E-state index is 14.7. The molecule has 2 unspecified atom stereocenters. The molecule has 3 aliphatic carbocycles. The lowest BCUT2D eigenvalue weighted by Gasteiger charge is -2.56. The summed E-state index contributed by atoms with van der Waals surface area (Å²) >= 11 is 0. The predicted molar refractivity (Wildman–Crippen MR) is 175 cm³/mol. The molecule has 46 heavy (non-hydrogen) atoms. The molecule has 2 aliphatic heterocycles. The summed E-state index contributed by atoms with van der Waals surface area (Å²) in [6.07, 6.45) is 11.6. The minimum absolute atomic E-state index is 0.0259. The number of aromatic hydroxyl groups is 2. The van der Waals surface area contributed by atoms with Crippen LogP contribution in [0.2, 0.25) is 0 Å². The van der Waals surface area contributed by atoms with E-state index >= 15 is 0 Å². The van der Waals surface area contributed by atoms with Crippen LogP contribution in [0.1, 0.15) is 103 Å². The number of carboxylic acid groups (broad SMARTS) is 1. The Bertz CT molecular complexity index is 1670. The van der Waals surface area contributed by atoms with Crippen molar-refractivity contribution in [2.75, 3.05) is 0 Å². The van der Waals surface area contributed by atoms with Gasteiger partial charge < -0.3 is 24.8 Å². The third-order valence-electron chi connectivity index (χ3n) is 10.2. The largest absolute Gasteiger partial charge is 0.507 e. The summed E-state index contributed by atoms with van der Waals surface area (Å²) in [5.41, 5.74) is 0.0623. The third kappa shape index (κ3) is 5.05. The summed E-state index contributed by atoms with van der Waals surface area (Å²) in [4.78, 5) is 40.6. The molecule has 1 aromatic carbocycles. The Morgan fingerprint density at radius 3 is 2.22 bits per heavy atom. The maximum atomic E-state index is 14.7. The summed E-state index contributed by atoms with van der Waals surface area (Å²) in [5, 5.41) is 33.0. The summed E-state index contributed by atoms with van der Waals surface area (Å²) in [6.45, 7) is 15.2. The number of Topliss-reactive ketones (excluding diaryl/α,β-unsaturated/α-hetero) is 2. The SMILES string of the molecule is CC(C)=CCC/C(C)=C/Cc1c(O)c(CC=C(C)C)c2c(c1O)C(=O)C1=C[C@@H]3CC4C(C)(C)OC(C/C=C(/C)C(=O)O)(C3=O)[C@@]14O2. The highest BCUT2D eigenvalue weighted by Gasteiger charge is 2.81. The Morgan fingerprint density at radius 1 is 0.935 bits per heavy atom.